The highest BCUT2D eigenvalue weighted by Crippen LogP contribution is 2.26. The lowest BCUT2D eigenvalue weighted by atomic mass is 10.2. The van der Waals surface area contributed by atoms with Crippen LogP contribution in [-0.4, -0.2) is 29.1 Å². The molecule has 1 rings (SSSR count). The maximum atomic E-state index is 5.88. The number of aryl methyl sites for hydroxylation is 1. The largest absolute Gasteiger partial charge is 0.484 e. The summed E-state index contributed by atoms with van der Waals surface area (Å²) in [5.41, 5.74) is 7.07. The molecule has 0 spiro atoms. The van der Waals surface area contributed by atoms with Gasteiger partial charge in [0.2, 0.25) is 0 Å². The lowest BCUT2D eigenvalue weighted by Crippen LogP contribution is -2.14. The van der Waals surface area contributed by atoms with Gasteiger partial charge in [-0.05, 0) is 20.3 Å². The van der Waals surface area contributed by atoms with Crippen molar-refractivity contribution < 1.29 is 9.47 Å². The van der Waals surface area contributed by atoms with Crippen molar-refractivity contribution in [3.63, 3.8) is 0 Å². The molecule has 0 aliphatic rings. The Balaban J connectivity index is 2.97. The Hall–Kier alpha value is -1.85. The van der Waals surface area contributed by atoms with Gasteiger partial charge >= 0.3 is 6.01 Å². The summed E-state index contributed by atoms with van der Waals surface area (Å²) in [5.74, 6) is 0.800. The topological polar surface area (TPSA) is 82.6 Å². The van der Waals surface area contributed by atoms with Crippen LogP contribution in [0.1, 0.15) is 39.3 Å². The van der Waals surface area contributed by atoms with Crippen LogP contribution >= 0.6 is 0 Å². The molecular formula is C13H22N4O2. The van der Waals surface area contributed by atoms with E-state index in [2.05, 4.69) is 21.9 Å². The summed E-state index contributed by atoms with van der Waals surface area (Å²) in [6.45, 7) is 7.65. The van der Waals surface area contributed by atoms with E-state index in [4.69, 9.17) is 15.2 Å². The fourth-order valence-corrected chi connectivity index (χ4v) is 1.60. The van der Waals surface area contributed by atoms with E-state index in [0.29, 0.717) is 29.1 Å². The highest BCUT2D eigenvalue weighted by atomic mass is 16.5. The number of nitrogens with two attached hydrogens (primary N) is 1. The predicted octanol–water partition coefficient (Wildman–Crippen LogP) is 2.63. The second-order valence-corrected chi connectivity index (χ2v) is 4.38. The smallest absolute Gasteiger partial charge is 0.318 e. The van der Waals surface area contributed by atoms with Crippen LogP contribution in [0.4, 0.5) is 11.5 Å². The molecule has 2 N–H and O–H groups in total. The summed E-state index contributed by atoms with van der Waals surface area (Å²) in [6.07, 6.45) is 2.06. The van der Waals surface area contributed by atoms with Gasteiger partial charge in [-0.2, -0.15) is 9.97 Å². The Morgan fingerprint density at radius 1 is 1.42 bits per heavy atom. The first-order valence-electron chi connectivity index (χ1n) is 6.38. The number of hydrogen-bond acceptors (Lipinski definition) is 6. The third kappa shape index (κ3) is 4.39. The number of nitrogen functional groups attached to an aromatic ring is 1. The van der Waals surface area contributed by atoms with Crippen LogP contribution in [0.25, 0.3) is 0 Å². The number of aliphatic imine (C=N–C) groups is 1. The van der Waals surface area contributed by atoms with Gasteiger partial charge in [0.25, 0.3) is 0 Å². The van der Waals surface area contributed by atoms with Crippen LogP contribution in [0.2, 0.25) is 0 Å². The average Bonchev–Trinajstić information content (AvgIpc) is 2.33. The van der Waals surface area contributed by atoms with Gasteiger partial charge in [-0.15, -0.1) is 0 Å². The lowest BCUT2D eigenvalue weighted by Gasteiger charge is -2.13. The summed E-state index contributed by atoms with van der Waals surface area (Å²) in [7, 11) is 1.55. The minimum atomic E-state index is 0.0684. The quantitative estimate of drug-likeness (QED) is 0.654. The van der Waals surface area contributed by atoms with Gasteiger partial charge in [-0.3, -0.25) is 0 Å². The van der Waals surface area contributed by atoms with Crippen molar-refractivity contribution in [3.05, 3.63) is 5.69 Å². The molecule has 1 heterocycles. The van der Waals surface area contributed by atoms with Gasteiger partial charge < -0.3 is 15.2 Å². The molecule has 0 amide bonds. The molecule has 0 aliphatic heterocycles. The molecule has 1 atom stereocenters. The molecule has 6 heteroatoms. The predicted molar refractivity (Wildman–Crippen MR) is 76.0 cm³/mol. The van der Waals surface area contributed by atoms with Crippen LogP contribution in [0, 0.1) is 6.92 Å². The van der Waals surface area contributed by atoms with Gasteiger partial charge in [-0.25, -0.2) is 4.99 Å². The minimum absolute atomic E-state index is 0.0684. The zero-order valence-electron chi connectivity index (χ0n) is 12.2. The highest BCUT2D eigenvalue weighted by Gasteiger charge is 2.12. The lowest BCUT2D eigenvalue weighted by molar-refractivity contribution is 0.192. The molecule has 0 aromatic carbocycles. The zero-order chi connectivity index (χ0) is 14.4. The molecule has 0 unspecified atom stereocenters. The third-order valence-electron chi connectivity index (χ3n) is 2.63. The fraction of sp³-hybridized carbons (Fsp3) is 0.615. The summed E-state index contributed by atoms with van der Waals surface area (Å²) >= 11 is 0. The number of ether oxygens (including phenoxy) is 2. The van der Waals surface area contributed by atoms with E-state index in [-0.39, 0.29) is 6.10 Å². The van der Waals surface area contributed by atoms with Crippen molar-refractivity contribution in [2.24, 2.45) is 4.99 Å². The summed E-state index contributed by atoms with van der Waals surface area (Å²) in [5, 5.41) is 0. The van der Waals surface area contributed by atoms with Gasteiger partial charge in [-0.1, -0.05) is 13.3 Å². The van der Waals surface area contributed by atoms with Crippen molar-refractivity contribution >= 4 is 17.4 Å². The van der Waals surface area contributed by atoms with Gasteiger partial charge in [0.15, 0.2) is 11.7 Å². The van der Waals surface area contributed by atoms with Gasteiger partial charge in [0.05, 0.1) is 18.9 Å². The van der Waals surface area contributed by atoms with E-state index in [0.717, 1.165) is 12.8 Å². The SMILES string of the molecule is CCC[C@H](C)Oc1nc(C)c(N=C(C)OC)c(N)n1. The second kappa shape index (κ2) is 6.92. The van der Waals surface area contributed by atoms with Crippen LogP contribution in [-0.2, 0) is 4.74 Å². The normalized spacial score (nSPS) is 13.2. The molecule has 0 fully saturated rings. The Morgan fingerprint density at radius 3 is 2.63 bits per heavy atom. The number of nitrogens with zero attached hydrogens (tertiary/aromatic N) is 3. The maximum absolute atomic E-state index is 5.88. The third-order valence-corrected chi connectivity index (χ3v) is 2.63. The van der Waals surface area contributed by atoms with Crippen molar-refractivity contribution in [1.29, 1.82) is 0 Å². The number of methoxy groups -OCH3 is 1. The molecule has 0 saturated carbocycles. The maximum Gasteiger partial charge on any atom is 0.318 e. The standard InChI is InChI=1S/C13H22N4O2/c1-6-7-8(2)19-13-15-9(3)11(12(14)17-13)16-10(4)18-5/h8H,6-7H2,1-5H3,(H2,14,15,17)/t8-/m0/s1. The monoisotopic (exact) mass is 266 g/mol. The molecule has 19 heavy (non-hydrogen) atoms. The average molecular weight is 266 g/mol. The van der Waals surface area contributed by atoms with E-state index in [1.165, 1.54) is 0 Å². The molecule has 1 aromatic rings. The van der Waals surface area contributed by atoms with Crippen LogP contribution < -0.4 is 10.5 Å². The molecule has 0 aliphatic carbocycles. The second-order valence-electron chi connectivity index (χ2n) is 4.38. The fourth-order valence-electron chi connectivity index (χ4n) is 1.60. The summed E-state index contributed by atoms with van der Waals surface area (Å²) in [4.78, 5) is 12.6. The first kappa shape index (κ1) is 15.2. The zero-order valence-corrected chi connectivity index (χ0v) is 12.2. The number of rotatable bonds is 5. The molecule has 0 saturated heterocycles. The van der Waals surface area contributed by atoms with E-state index < -0.39 is 0 Å². The Bertz CT molecular complexity index is 437. The van der Waals surface area contributed by atoms with Crippen LogP contribution in [0.5, 0.6) is 6.01 Å². The summed E-state index contributed by atoms with van der Waals surface area (Å²) < 4.78 is 10.6. The number of hydrogen-bond donors (Lipinski definition) is 1. The van der Waals surface area contributed by atoms with Gasteiger partial charge in [0, 0.05) is 6.92 Å². The minimum Gasteiger partial charge on any atom is -0.484 e. The van der Waals surface area contributed by atoms with E-state index in [1.54, 1.807) is 14.0 Å². The van der Waals surface area contributed by atoms with Crippen molar-refractivity contribution in [2.75, 3.05) is 12.8 Å². The van der Waals surface area contributed by atoms with Gasteiger partial charge in [0.1, 0.15) is 5.69 Å². The van der Waals surface area contributed by atoms with Crippen LogP contribution in [0.3, 0.4) is 0 Å². The Labute approximate surface area is 114 Å². The molecule has 0 bridgehead atoms. The molecule has 0 radical (unpaired) electrons. The molecule has 106 valence electrons. The van der Waals surface area contributed by atoms with E-state index in [9.17, 15) is 0 Å². The van der Waals surface area contributed by atoms with E-state index in [1.807, 2.05) is 13.8 Å². The summed E-state index contributed by atoms with van der Waals surface area (Å²) in [6, 6.07) is 0.296. The first-order valence-corrected chi connectivity index (χ1v) is 6.38. The van der Waals surface area contributed by atoms with Crippen molar-refractivity contribution in [1.82, 2.24) is 9.97 Å². The highest BCUT2D eigenvalue weighted by molar-refractivity contribution is 5.79. The Morgan fingerprint density at radius 2 is 2.11 bits per heavy atom. The number of aromatic nitrogens is 2. The van der Waals surface area contributed by atoms with Crippen molar-refractivity contribution in [2.45, 2.75) is 46.6 Å². The van der Waals surface area contributed by atoms with E-state index >= 15 is 0 Å². The van der Waals surface area contributed by atoms with Crippen molar-refractivity contribution in [3.8, 4) is 6.01 Å². The Kier molecular flexibility index (Phi) is 5.54. The van der Waals surface area contributed by atoms with Crippen LogP contribution in [0.15, 0.2) is 4.99 Å². The number of anilines is 1. The molecule has 6 nitrogen and oxygen atoms in total. The molecular weight excluding hydrogens is 244 g/mol. The first-order chi connectivity index (χ1) is 8.97. The molecule has 1 aromatic heterocycles.